The monoisotopic (exact) mass is 366 g/mol. The van der Waals surface area contributed by atoms with E-state index in [9.17, 15) is 30.6 Å². The first-order valence-electron chi connectivity index (χ1n) is 8.94. The normalized spacial score (nSPS) is 29.2. The molecule has 9 heteroatoms. The molecule has 0 heterocycles. The molecule has 25 heavy (non-hydrogen) atoms. The molecule has 150 valence electrons. The van der Waals surface area contributed by atoms with Crippen molar-refractivity contribution in [1.29, 1.82) is 0 Å². The van der Waals surface area contributed by atoms with E-state index in [4.69, 9.17) is 10.5 Å². The van der Waals surface area contributed by atoms with E-state index in [0.29, 0.717) is 32.4 Å². The van der Waals surface area contributed by atoms with Crippen molar-refractivity contribution in [2.45, 2.75) is 62.3 Å². The average molecular weight is 366 g/mol. The van der Waals surface area contributed by atoms with E-state index in [1.54, 1.807) is 0 Å². The van der Waals surface area contributed by atoms with Crippen LogP contribution in [0.1, 0.15) is 25.7 Å². The second-order valence-electron chi connectivity index (χ2n) is 6.72. The van der Waals surface area contributed by atoms with Crippen LogP contribution in [-0.4, -0.2) is 100 Å². The summed E-state index contributed by atoms with van der Waals surface area (Å²) < 4.78 is 5.67. The van der Waals surface area contributed by atoms with E-state index < -0.39 is 43.2 Å². The quantitative estimate of drug-likeness (QED) is 0.167. The van der Waals surface area contributed by atoms with Gasteiger partial charge >= 0.3 is 0 Å². The molecule has 1 aliphatic carbocycles. The van der Waals surface area contributed by atoms with Crippen LogP contribution >= 0.6 is 0 Å². The van der Waals surface area contributed by atoms with Gasteiger partial charge in [-0.05, 0) is 44.7 Å². The minimum Gasteiger partial charge on any atom is -0.396 e. The van der Waals surface area contributed by atoms with Crippen molar-refractivity contribution in [1.82, 2.24) is 5.32 Å². The summed E-state index contributed by atoms with van der Waals surface area (Å²) >= 11 is 0. The predicted molar refractivity (Wildman–Crippen MR) is 90.7 cm³/mol. The highest BCUT2D eigenvalue weighted by molar-refractivity contribution is 4.88. The van der Waals surface area contributed by atoms with Gasteiger partial charge in [-0.15, -0.1) is 0 Å². The molecular formula is C16H34N2O7. The summed E-state index contributed by atoms with van der Waals surface area (Å²) in [6.07, 6.45) is -4.61. The van der Waals surface area contributed by atoms with Crippen molar-refractivity contribution in [3.05, 3.63) is 0 Å². The molecule has 0 amide bonds. The first-order valence-corrected chi connectivity index (χ1v) is 8.94. The summed E-state index contributed by atoms with van der Waals surface area (Å²) in [5.74, 6) is -0.0275. The van der Waals surface area contributed by atoms with Gasteiger partial charge in [0.05, 0.1) is 24.9 Å². The zero-order valence-electron chi connectivity index (χ0n) is 14.6. The van der Waals surface area contributed by atoms with Crippen molar-refractivity contribution >= 4 is 0 Å². The number of rotatable bonds is 12. The number of aliphatic hydroxyl groups excluding tert-OH is 6. The van der Waals surface area contributed by atoms with Crippen molar-refractivity contribution in [3.8, 4) is 0 Å². The molecule has 0 spiro atoms. The Morgan fingerprint density at radius 3 is 2.44 bits per heavy atom. The Kier molecular flexibility index (Phi) is 11.0. The molecule has 0 aromatic rings. The van der Waals surface area contributed by atoms with Crippen molar-refractivity contribution < 1.29 is 35.4 Å². The lowest BCUT2D eigenvalue weighted by Gasteiger charge is -2.38. The van der Waals surface area contributed by atoms with Gasteiger partial charge in [0.1, 0.15) is 18.3 Å². The minimum absolute atomic E-state index is 0.0275. The molecule has 0 aromatic carbocycles. The van der Waals surface area contributed by atoms with E-state index in [1.807, 2.05) is 0 Å². The Balaban J connectivity index is 2.65. The third-order valence-corrected chi connectivity index (χ3v) is 4.66. The van der Waals surface area contributed by atoms with Gasteiger partial charge in [0.25, 0.3) is 0 Å². The molecule has 0 saturated heterocycles. The van der Waals surface area contributed by atoms with Gasteiger partial charge in [-0.2, -0.15) is 0 Å². The number of hydrogen-bond acceptors (Lipinski definition) is 9. The third-order valence-electron chi connectivity index (χ3n) is 4.66. The maximum atomic E-state index is 10.3. The zero-order valence-corrected chi connectivity index (χ0v) is 14.6. The molecule has 0 bridgehead atoms. The molecule has 0 aromatic heterocycles. The largest absolute Gasteiger partial charge is 0.396 e. The van der Waals surface area contributed by atoms with Gasteiger partial charge < -0.3 is 46.4 Å². The lowest BCUT2D eigenvalue weighted by Crippen LogP contribution is -2.53. The Morgan fingerprint density at radius 1 is 1.12 bits per heavy atom. The van der Waals surface area contributed by atoms with Crippen LogP contribution in [0.2, 0.25) is 0 Å². The highest BCUT2D eigenvalue weighted by Crippen LogP contribution is 2.28. The van der Waals surface area contributed by atoms with Gasteiger partial charge in [-0.1, -0.05) is 0 Å². The maximum absolute atomic E-state index is 10.3. The van der Waals surface area contributed by atoms with Crippen LogP contribution < -0.4 is 11.1 Å². The van der Waals surface area contributed by atoms with Crippen LogP contribution in [0.15, 0.2) is 0 Å². The predicted octanol–water partition coefficient (Wildman–Crippen LogP) is -3.09. The fraction of sp³-hybridized carbons (Fsp3) is 1.00. The second kappa shape index (κ2) is 12.1. The van der Waals surface area contributed by atoms with Crippen molar-refractivity contribution in [2.24, 2.45) is 11.7 Å². The summed E-state index contributed by atoms with van der Waals surface area (Å²) in [6, 6.07) is 0. The maximum Gasteiger partial charge on any atom is 0.115 e. The molecule has 7 unspecified atom stereocenters. The molecule has 9 N–H and O–H groups in total. The number of ether oxygens (including phenoxy) is 1. The molecule has 1 saturated carbocycles. The van der Waals surface area contributed by atoms with Crippen LogP contribution in [-0.2, 0) is 4.74 Å². The van der Waals surface area contributed by atoms with Gasteiger partial charge in [-0.3, -0.25) is 0 Å². The fourth-order valence-corrected chi connectivity index (χ4v) is 3.03. The Morgan fingerprint density at radius 2 is 1.84 bits per heavy atom. The molecule has 1 aliphatic rings. The summed E-state index contributed by atoms with van der Waals surface area (Å²) in [5.41, 5.74) is 5.38. The highest BCUT2D eigenvalue weighted by atomic mass is 16.5. The zero-order chi connectivity index (χ0) is 18.8. The molecule has 1 fully saturated rings. The Hall–Kier alpha value is -0.360. The third kappa shape index (κ3) is 7.41. The van der Waals surface area contributed by atoms with E-state index in [2.05, 4.69) is 5.32 Å². The summed E-state index contributed by atoms with van der Waals surface area (Å²) in [7, 11) is 0. The van der Waals surface area contributed by atoms with E-state index in [-0.39, 0.29) is 19.1 Å². The fourth-order valence-electron chi connectivity index (χ4n) is 3.03. The van der Waals surface area contributed by atoms with Gasteiger partial charge in [0, 0.05) is 13.2 Å². The van der Waals surface area contributed by atoms with Crippen molar-refractivity contribution in [3.63, 3.8) is 0 Å². The molecular weight excluding hydrogens is 332 g/mol. The van der Waals surface area contributed by atoms with E-state index >= 15 is 0 Å². The highest BCUT2D eigenvalue weighted by Gasteiger charge is 2.38. The number of aliphatic hydroxyl groups is 6. The van der Waals surface area contributed by atoms with E-state index in [1.165, 1.54) is 0 Å². The molecule has 7 atom stereocenters. The first kappa shape index (κ1) is 22.7. The molecule has 1 rings (SSSR count). The van der Waals surface area contributed by atoms with Gasteiger partial charge in [0.15, 0.2) is 0 Å². The lowest BCUT2D eigenvalue weighted by molar-refractivity contribution is -0.191. The summed E-state index contributed by atoms with van der Waals surface area (Å²) in [6.45, 7) is 0.475. The van der Waals surface area contributed by atoms with Gasteiger partial charge in [-0.25, -0.2) is 0 Å². The Bertz CT molecular complexity index is 350. The molecule has 9 nitrogen and oxygen atoms in total. The smallest absolute Gasteiger partial charge is 0.115 e. The summed E-state index contributed by atoms with van der Waals surface area (Å²) in [5, 5.41) is 61.9. The molecule has 0 aliphatic heterocycles. The van der Waals surface area contributed by atoms with Crippen LogP contribution in [0.3, 0.4) is 0 Å². The second-order valence-corrected chi connectivity index (χ2v) is 6.72. The van der Waals surface area contributed by atoms with Crippen molar-refractivity contribution in [2.75, 3.05) is 32.8 Å². The SMILES string of the molecule is NCCCNCC(O)C(O)C(OC1CC(CO)CCC1O)C(O)CO. The van der Waals surface area contributed by atoms with E-state index in [0.717, 1.165) is 6.42 Å². The molecule has 0 radical (unpaired) electrons. The van der Waals surface area contributed by atoms with Gasteiger partial charge in [0.2, 0.25) is 0 Å². The van der Waals surface area contributed by atoms with Crippen LogP contribution in [0, 0.1) is 5.92 Å². The number of hydrogen-bond donors (Lipinski definition) is 8. The number of nitrogens with two attached hydrogens (primary N) is 1. The summed E-state index contributed by atoms with van der Waals surface area (Å²) in [4.78, 5) is 0. The Labute approximate surface area is 148 Å². The lowest BCUT2D eigenvalue weighted by atomic mass is 9.85. The minimum atomic E-state index is -1.45. The van der Waals surface area contributed by atoms with Crippen LogP contribution in [0.4, 0.5) is 0 Å². The van der Waals surface area contributed by atoms with Crippen LogP contribution in [0.5, 0.6) is 0 Å². The van der Waals surface area contributed by atoms with Crippen LogP contribution in [0.25, 0.3) is 0 Å². The first-order chi connectivity index (χ1) is 11.9. The standard InChI is InChI=1S/C16H34N2O7/c17-4-1-5-18-7-12(22)15(24)16(13(23)9-20)25-14-6-10(8-19)2-3-11(14)21/h10-16,18-24H,1-9,17H2. The topological polar surface area (TPSA) is 169 Å². The average Bonchev–Trinajstić information content (AvgIpc) is 2.63. The number of nitrogens with one attached hydrogen (secondary N) is 1.